The number of ether oxygens (including phenoxy) is 2. The number of fused-ring (bicyclic) bond motifs is 1. The highest BCUT2D eigenvalue weighted by molar-refractivity contribution is 7.92. The minimum atomic E-state index is -3.55. The minimum absolute atomic E-state index is 0.0902. The van der Waals surface area contributed by atoms with E-state index in [4.69, 9.17) is 9.47 Å². The van der Waals surface area contributed by atoms with Crippen LogP contribution in [0.1, 0.15) is 29.3 Å². The molecular formula is C21H24N2O6S. The average molecular weight is 432 g/mol. The molecule has 8 nitrogen and oxygen atoms in total. The van der Waals surface area contributed by atoms with Crippen LogP contribution in [-0.2, 0) is 19.6 Å². The smallest absolute Gasteiger partial charge is 0.340 e. The van der Waals surface area contributed by atoms with Crippen LogP contribution in [0, 0.1) is 6.92 Å². The molecule has 0 radical (unpaired) electrons. The Kier molecular flexibility index (Phi) is 6.31. The van der Waals surface area contributed by atoms with E-state index in [1.54, 1.807) is 49.4 Å². The van der Waals surface area contributed by atoms with E-state index >= 15 is 0 Å². The number of nitrogens with one attached hydrogen (secondary N) is 1. The van der Waals surface area contributed by atoms with E-state index in [-0.39, 0.29) is 25.1 Å². The van der Waals surface area contributed by atoms with Crippen LogP contribution in [0.5, 0.6) is 5.75 Å². The molecule has 0 spiro atoms. The monoisotopic (exact) mass is 432 g/mol. The molecule has 1 amide bonds. The number of hydrogen-bond donors (Lipinski definition) is 1. The maximum atomic E-state index is 12.9. The molecule has 0 aromatic heterocycles. The molecule has 1 aliphatic heterocycles. The number of amides is 1. The van der Waals surface area contributed by atoms with Gasteiger partial charge in [0.05, 0.1) is 29.8 Å². The van der Waals surface area contributed by atoms with Crippen molar-refractivity contribution >= 4 is 33.3 Å². The zero-order valence-electron chi connectivity index (χ0n) is 17.0. The summed E-state index contributed by atoms with van der Waals surface area (Å²) in [6.07, 6.45) is 0.331. The number of rotatable bonds is 5. The van der Waals surface area contributed by atoms with Gasteiger partial charge >= 0.3 is 5.97 Å². The van der Waals surface area contributed by atoms with E-state index in [1.807, 2.05) is 6.92 Å². The summed E-state index contributed by atoms with van der Waals surface area (Å²) in [6.45, 7) is 3.85. The van der Waals surface area contributed by atoms with Gasteiger partial charge in [0.2, 0.25) is 10.0 Å². The Morgan fingerprint density at radius 2 is 1.97 bits per heavy atom. The second-order valence-electron chi connectivity index (χ2n) is 6.96. The average Bonchev–Trinajstić information content (AvgIpc) is 2.87. The predicted molar refractivity (Wildman–Crippen MR) is 113 cm³/mol. The van der Waals surface area contributed by atoms with E-state index in [2.05, 4.69) is 5.32 Å². The van der Waals surface area contributed by atoms with Crippen molar-refractivity contribution in [2.45, 2.75) is 26.4 Å². The molecule has 160 valence electrons. The number of carbonyl (C=O) groups is 2. The number of esters is 1. The summed E-state index contributed by atoms with van der Waals surface area (Å²) < 4.78 is 36.7. The first-order valence-electron chi connectivity index (χ1n) is 9.52. The highest BCUT2D eigenvalue weighted by Gasteiger charge is 2.31. The third-order valence-corrected chi connectivity index (χ3v) is 5.80. The van der Waals surface area contributed by atoms with Crippen molar-refractivity contribution in [1.29, 1.82) is 0 Å². The Morgan fingerprint density at radius 1 is 1.23 bits per heavy atom. The lowest BCUT2D eigenvalue weighted by molar-refractivity contribution is -0.122. The SMILES string of the molecule is CCOC(=O)c1ccccc1NC(=O)C1CCN(S(C)(=O)=O)c2cc(C)ccc2O1. The number of benzene rings is 2. The van der Waals surface area contributed by atoms with Crippen molar-refractivity contribution in [3.05, 3.63) is 53.6 Å². The molecule has 1 aliphatic rings. The van der Waals surface area contributed by atoms with Gasteiger partial charge in [-0.05, 0) is 43.7 Å². The molecule has 0 saturated carbocycles. The molecule has 0 saturated heterocycles. The van der Waals surface area contributed by atoms with E-state index in [9.17, 15) is 18.0 Å². The summed E-state index contributed by atoms with van der Waals surface area (Å²) in [5, 5.41) is 2.71. The molecule has 1 unspecified atom stereocenters. The van der Waals surface area contributed by atoms with Crippen LogP contribution in [0.25, 0.3) is 0 Å². The van der Waals surface area contributed by atoms with E-state index in [0.717, 1.165) is 11.8 Å². The van der Waals surface area contributed by atoms with Crippen molar-refractivity contribution < 1.29 is 27.5 Å². The maximum Gasteiger partial charge on any atom is 0.340 e. The van der Waals surface area contributed by atoms with Gasteiger partial charge in [-0.25, -0.2) is 13.2 Å². The van der Waals surface area contributed by atoms with Crippen LogP contribution < -0.4 is 14.4 Å². The third-order valence-electron chi connectivity index (χ3n) is 4.62. The summed E-state index contributed by atoms with van der Waals surface area (Å²) >= 11 is 0. The Labute approximate surface area is 175 Å². The van der Waals surface area contributed by atoms with Gasteiger partial charge in [0, 0.05) is 13.0 Å². The molecule has 0 aliphatic carbocycles. The van der Waals surface area contributed by atoms with Gasteiger partial charge in [-0.2, -0.15) is 0 Å². The fourth-order valence-electron chi connectivity index (χ4n) is 3.21. The van der Waals surface area contributed by atoms with Crippen molar-refractivity contribution in [3.8, 4) is 5.75 Å². The van der Waals surface area contributed by atoms with Gasteiger partial charge in [-0.15, -0.1) is 0 Å². The lowest BCUT2D eigenvalue weighted by Gasteiger charge is -2.21. The summed E-state index contributed by atoms with van der Waals surface area (Å²) in [4.78, 5) is 25.1. The normalized spacial score (nSPS) is 16.1. The number of carbonyl (C=O) groups excluding carboxylic acids is 2. The molecule has 3 rings (SSSR count). The van der Waals surface area contributed by atoms with Crippen LogP contribution in [-0.4, -0.2) is 45.8 Å². The highest BCUT2D eigenvalue weighted by Crippen LogP contribution is 2.35. The molecule has 2 aromatic rings. The molecule has 9 heteroatoms. The highest BCUT2D eigenvalue weighted by atomic mass is 32.2. The van der Waals surface area contributed by atoms with E-state index < -0.39 is 28.0 Å². The largest absolute Gasteiger partial charge is 0.478 e. The fraction of sp³-hybridized carbons (Fsp3) is 0.333. The number of nitrogens with zero attached hydrogens (tertiary/aromatic N) is 1. The van der Waals surface area contributed by atoms with Crippen molar-refractivity contribution in [3.63, 3.8) is 0 Å². The first-order valence-corrected chi connectivity index (χ1v) is 11.4. The molecular weight excluding hydrogens is 408 g/mol. The quantitative estimate of drug-likeness (QED) is 0.729. The molecule has 1 heterocycles. The van der Waals surface area contributed by atoms with Crippen LogP contribution in [0.15, 0.2) is 42.5 Å². The maximum absolute atomic E-state index is 12.9. The number of aryl methyl sites for hydroxylation is 1. The Balaban J connectivity index is 1.87. The van der Waals surface area contributed by atoms with Gasteiger partial charge in [-0.1, -0.05) is 18.2 Å². The van der Waals surface area contributed by atoms with Gasteiger partial charge in [0.15, 0.2) is 6.10 Å². The first-order chi connectivity index (χ1) is 14.2. The van der Waals surface area contributed by atoms with Gasteiger partial charge in [-0.3, -0.25) is 9.10 Å². The van der Waals surface area contributed by atoms with Crippen LogP contribution >= 0.6 is 0 Å². The number of sulfonamides is 1. The van der Waals surface area contributed by atoms with Crippen molar-refractivity contribution in [1.82, 2.24) is 0 Å². The van der Waals surface area contributed by atoms with Crippen LogP contribution in [0.3, 0.4) is 0 Å². The summed E-state index contributed by atoms with van der Waals surface area (Å²) in [5.74, 6) is -0.713. The Hall–Kier alpha value is -3.07. The minimum Gasteiger partial charge on any atom is -0.478 e. The number of anilines is 2. The second-order valence-corrected chi connectivity index (χ2v) is 8.86. The van der Waals surface area contributed by atoms with Gasteiger partial charge in [0.25, 0.3) is 5.91 Å². The molecule has 1 N–H and O–H groups in total. The fourth-order valence-corrected chi connectivity index (χ4v) is 4.15. The lowest BCUT2D eigenvalue weighted by atomic mass is 10.1. The molecule has 30 heavy (non-hydrogen) atoms. The summed E-state index contributed by atoms with van der Waals surface area (Å²) in [6, 6.07) is 11.7. The third kappa shape index (κ3) is 4.73. The summed E-state index contributed by atoms with van der Waals surface area (Å²) in [5.41, 5.74) is 1.81. The first kappa shape index (κ1) is 21.6. The standard InChI is InChI=1S/C21H24N2O6S/c1-4-28-21(25)15-7-5-6-8-16(15)22-20(24)19-11-12-23(30(3,26)27)17-13-14(2)9-10-18(17)29-19/h5-10,13,19H,4,11-12H2,1-3H3,(H,22,24). The molecule has 0 bridgehead atoms. The van der Waals surface area contributed by atoms with Crippen LogP contribution in [0.4, 0.5) is 11.4 Å². The molecule has 2 aromatic carbocycles. The molecule has 1 atom stereocenters. The topological polar surface area (TPSA) is 102 Å². The van der Waals surface area contributed by atoms with Crippen molar-refractivity contribution in [2.24, 2.45) is 0 Å². The predicted octanol–water partition coefficient (Wildman–Crippen LogP) is 2.73. The van der Waals surface area contributed by atoms with E-state index in [1.165, 1.54) is 4.31 Å². The van der Waals surface area contributed by atoms with E-state index in [0.29, 0.717) is 17.1 Å². The number of para-hydroxylation sites is 1. The van der Waals surface area contributed by atoms with Gasteiger partial charge in [0.1, 0.15) is 5.75 Å². The van der Waals surface area contributed by atoms with Gasteiger partial charge < -0.3 is 14.8 Å². The zero-order chi connectivity index (χ0) is 21.9. The van der Waals surface area contributed by atoms with Crippen molar-refractivity contribution in [2.75, 3.05) is 29.0 Å². The Morgan fingerprint density at radius 3 is 2.67 bits per heavy atom. The van der Waals surface area contributed by atoms with Crippen LogP contribution in [0.2, 0.25) is 0 Å². The summed E-state index contributed by atoms with van der Waals surface area (Å²) in [7, 11) is -3.55. The lowest BCUT2D eigenvalue weighted by Crippen LogP contribution is -2.36. The second kappa shape index (κ2) is 8.74. The zero-order valence-corrected chi connectivity index (χ0v) is 17.9. The molecule has 0 fully saturated rings. The Bertz CT molecular complexity index is 1070. The number of hydrogen-bond acceptors (Lipinski definition) is 6.